The zero-order valence-electron chi connectivity index (χ0n) is 13.1. The number of imidazole rings is 1. The topological polar surface area (TPSA) is 125 Å². The molecule has 9 heteroatoms. The highest BCUT2D eigenvalue weighted by Crippen LogP contribution is 2.43. The summed E-state index contributed by atoms with van der Waals surface area (Å²) < 4.78 is 10.5. The Morgan fingerprint density at radius 3 is 2.62 bits per heavy atom. The van der Waals surface area contributed by atoms with Gasteiger partial charge < -0.3 is 24.7 Å². The number of aromatic amines is 1. The molecule has 2 aliphatic heterocycles. The molecular formula is C17H11N3O6. The van der Waals surface area contributed by atoms with Crippen molar-refractivity contribution in [3.8, 4) is 23.0 Å². The van der Waals surface area contributed by atoms with Crippen molar-refractivity contribution in [1.82, 2.24) is 14.9 Å². The van der Waals surface area contributed by atoms with Crippen molar-refractivity contribution in [1.29, 1.82) is 0 Å². The number of aromatic hydroxyl groups is 2. The average molecular weight is 353 g/mol. The third-order valence-corrected chi connectivity index (χ3v) is 4.52. The molecule has 0 atom stereocenters. The van der Waals surface area contributed by atoms with E-state index in [0.717, 1.165) is 4.90 Å². The van der Waals surface area contributed by atoms with E-state index in [2.05, 4.69) is 9.97 Å². The minimum atomic E-state index is -0.694. The number of rotatable bonds is 2. The molecule has 1 aromatic heterocycles. The van der Waals surface area contributed by atoms with Crippen LogP contribution in [-0.2, 0) is 6.54 Å². The van der Waals surface area contributed by atoms with E-state index in [9.17, 15) is 19.8 Å². The molecule has 2 aromatic carbocycles. The van der Waals surface area contributed by atoms with E-state index in [1.807, 2.05) is 0 Å². The fourth-order valence-corrected chi connectivity index (χ4v) is 3.28. The van der Waals surface area contributed by atoms with Crippen molar-refractivity contribution in [2.45, 2.75) is 6.54 Å². The van der Waals surface area contributed by atoms with Gasteiger partial charge in [0.25, 0.3) is 11.8 Å². The Morgan fingerprint density at radius 1 is 1.08 bits per heavy atom. The number of benzene rings is 2. The second-order valence-electron chi connectivity index (χ2n) is 5.96. The van der Waals surface area contributed by atoms with Gasteiger partial charge in [-0.25, -0.2) is 4.98 Å². The van der Waals surface area contributed by atoms with Gasteiger partial charge in [0.1, 0.15) is 22.2 Å². The smallest absolute Gasteiger partial charge is 0.265 e. The number of aromatic nitrogens is 2. The van der Waals surface area contributed by atoms with Crippen molar-refractivity contribution in [2.24, 2.45) is 0 Å². The third-order valence-electron chi connectivity index (χ3n) is 4.52. The Hall–Kier alpha value is -3.75. The molecule has 0 unspecified atom stereocenters. The SMILES string of the molecule is O=C1c2c(c(O)c3[nH]cnc3c2O)C(=O)N1Cc1ccc2c(c1)OCO2. The Balaban J connectivity index is 1.58. The van der Waals surface area contributed by atoms with E-state index in [4.69, 9.17) is 9.47 Å². The van der Waals surface area contributed by atoms with Crippen LogP contribution >= 0.6 is 0 Å². The number of H-pyrrole nitrogens is 1. The van der Waals surface area contributed by atoms with Gasteiger partial charge in [-0.2, -0.15) is 0 Å². The molecule has 2 aliphatic rings. The van der Waals surface area contributed by atoms with Gasteiger partial charge in [0.15, 0.2) is 23.0 Å². The van der Waals surface area contributed by atoms with Crippen molar-refractivity contribution in [2.75, 3.05) is 6.79 Å². The number of hydrogen-bond acceptors (Lipinski definition) is 7. The number of phenolic OH excluding ortho intramolecular Hbond substituents is 2. The summed E-state index contributed by atoms with van der Waals surface area (Å²) in [6, 6.07) is 5.08. The van der Waals surface area contributed by atoms with Crippen LogP contribution in [0.15, 0.2) is 24.5 Å². The van der Waals surface area contributed by atoms with Crippen molar-refractivity contribution in [3.63, 3.8) is 0 Å². The van der Waals surface area contributed by atoms with E-state index in [1.54, 1.807) is 18.2 Å². The molecule has 3 heterocycles. The molecule has 0 fully saturated rings. The fourth-order valence-electron chi connectivity index (χ4n) is 3.28. The van der Waals surface area contributed by atoms with Crippen LogP contribution in [0, 0.1) is 0 Å². The van der Waals surface area contributed by atoms with Gasteiger partial charge in [0, 0.05) is 0 Å². The maximum atomic E-state index is 12.7. The van der Waals surface area contributed by atoms with E-state index >= 15 is 0 Å². The van der Waals surface area contributed by atoms with Gasteiger partial charge in [0.2, 0.25) is 6.79 Å². The Labute approximate surface area is 145 Å². The summed E-state index contributed by atoms with van der Waals surface area (Å²) >= 11 is 0. The molecule has 0 spiro atoms. The lowest BCUT2D eigenvalue weighted by Gasteiger charge is -2.14. The van der Waals surface area contributed by atoms with Crippen molar-refractivity contribution >= 4 is 22.8 Å². The maximum absolute atomic E-state index is 12.7. The Morgan fingerprint density at radius 2 is 1.81 bits per heavy atom. The Bertz CT molecular complexity index is 1060. The number of fused-ring (bicyclic) bond motifs is 3. The first-order valence-corrected chi connectivity index (χ1v) is 7.72. The highest BCUT2D eigenvalue weighted by Gasteiger charge is 2.42. The molecule has 3 aromatic rings. The molecule has 0 saturated carbocycles. The normalized spacial score (nSPS) is 15.2. The summed E-state index contributed by atoms with van der Waals surface area (Å²) in [5, 5.41) is 20.7. The Kier molecular flexibility index (Phi) is 2.74. The van der Waals surface area contributed by atoms with Crippen LogP contribution in [0.25, 0.3) is 11.0 Å². The van der Waals surface area contributed by atoms with E-state index in [-0.39, 0.29) is 35.5 Å². The number of amides is 2. The number of carbonyl (C=O) groups excluding carboxylic acids is 2. The lowest BCUT2D eigenvalue weighted by atomic mass is 10.1. The number of hydrogen-bond donors (Lipinski definition) is 3. The molecule has 0 radical (unpaired) electrons. The second-order valence-corrected chi connectivity index (χ2v) is 5.96. The van der Waals surface area contributed by atoms with E-state index in [1.165, 1.54) is 6.33 Å². The van der Waals surface area contributed by atoms with Crippen molar-refractivity contribution < 1.29 is 29.3 Å². The lowest BCUT2D eigenvalue weighted by Crippen LogP contribution is -2.29. The fraction of sp³-hybridized carbons (Fsp3) is 0.118. The predicted octanol–water partition coefficient (Wildman–Crippen LogP) is 1.50. The molecule has 0 aliphatic carbocycles. The van der Waals surface area contributed by atoms with Crippen LogP contribution in [0.2, 0.25) is 0 Å². The molecule has 3 N–H and O–H groups in total. The van der Waals surface area contributed by atoms with Crippen LogP contribution in [0.5, 0.6) is 23.0 Å². The van der Waals surface area contributed by atoms with Gasteiger partial charge in [-0.3, -0.25) is 14.5 Å². The number of nitrogens with one attached hydrogen (secondary N) is 1. The molecule has 130 valence electrons. The van der Waals surface area contributed by atoms with Crippen LogP contribution < -0.4 is 9.47 Å². The first kappa shape index (κ1) is 14.6. The number of ether oxygens (including phenoxy) is 2. The van der Waals surface area contributed by atoms with Crippen LogP contribution in [0.3, 0.4) is 0 Å². The maximum Gasteiger partial charge on any atom is 0.265 e. The first-order valence-electron chi connectivity index (χ1n) is 7.72. The second kappa shape index (κ2) is 4.88. The van der Waals surface area contributed by atoms with Gasteiger partial charge in [-0.1, -0.05) is 6.07 Å². The van der Waals surface area contributed by atoms with Gasteiger partial charge in [0.05, 0.1) is 12.9 Å². The largest absolute Gasteiger partial charge is 0.505 e. The molecule has 0 saturated heterocycles. The molecule has 9 nitrogen and oxygen atoms in total. The minimum Gasteiger partial charge on any atom is -0.505 e. The number of carbonyl (C=O) groups is 2. The first-order chi connectivity index (χ1) is 12.6. The van der Waals surface area contributed by atoms with E-state index < -0.39 is 23.3 Å². The zero-order valence-corrected chi connectivity index (χ0v) is 13.1. The summed E-state index contributed by atoms with van der Waals surface area (Å²) in [6.07, 6.45) is 1.26. The quantitative estimate of drug-likeness (QED) is 0.471. The average Bonchev–Trinajstić information content (AvgIpc) is 3.34. The number of nitrogens with zero attached hydrogens (tertiary/aromatic N) is 2. The number of phenols is 2. The molecule has 2 amide bonds. The summed E-state index contributed by atoms with van der Waals surface area (Å²) in [7, 11) is 0. The van der Waals surface area contributed by atoms with E-state index in [0.29, 0.717) is 17.1 Å². The third kappa shape index (κ3) is 1.76. The molecule has 5 rings (SSSR count). The zero-order chi connectivity index (χ0) is 18.0. The summed E-state index contributed by atoms with van der Waals surface area (Å²) in [5.74, 6) is -1.10. The summed E-state index contributed by atoms with van der Waals surface area (Å²) in [5.41, 5.74) is 0.309. The molecule has 0 bridgehead atoms. The van der Waals surface area contributed by atoms with Crippen molar-refractivity contribution in [3.05, 3.63) is 41.2 Å². The monoisotopic (exact) mass is 353 g/mol. The summed E-state index contributed by atoms with van der Waals surface area (Å²) in [4.78, 5) is 32.9. The minimum absolute atomic E-state index is 0.0346. The lowest BCUT2D eigenvalue weighted by molar-refractivity contribution is 0.0641. The molecular weight excluding hydrogens is 342 g/mol. The van der Waals surface area contributed by atoms with Gasteiger partial charge >= 0.3 is 0 Å². The standard InChI is InChI=1S/C17H11N3O6/c21-14-10-11(15(22)13-12(14)18-5-19-13)17(24)20(16(10)23)4-7-1-2-8-9(3-7)26-6-25-8/h1-3,5,21-22H,4,6H2,(H,18,19). The molecule has 26 heavy (non-hydrogen) atoms. The highest BCUT2D eigenvalue weighted by molar-refractivity contribution is 6.26. The number of imide groups is 1. The summed E-state index contributed by atoms with van der Waals surface area (Å²) in [6.45, 7) is 0.0792. The van der Waals surface area contributed by atoms with Gasteiger partial charge in [-0.15, -0.1) is 0 Å². The van der Waals surface area contributed by atoms with Crippen LogP contribution in [0.4, 0.5) is 0 Å². The highest BCUT2D eigenvalue weighted by atomic mass is 16.7. The van der Waals surface area contributed by atoms with Gasteiger partial charge in [-0.05, 0) is 17.7 Å². The van der Waals surface area contributed by atoms with Crippen LogP contribution in [-0.4, -0.2) is 43.7 Å². The van der Waals surface area contributed by atoms with Crippen LogP contribution in [0.1, 0.15) is 26.3 Å². The predicted molar refractivity (Wildman–Crippen MR) is 86.2 cm³/mol.